The first kappa shape index (κ1) is 29.0. The number of nitrogens with two attached hydrogens (primary N) is 1. The lowest BCUT2D eigenvalue weighted by Gasteiger charge is -2.61. The molecule has 0 aromatic heterocycles. The topological polar surface area (TPSA) is 92.9 Å². The number of hydrogen-bond donors (Lipinski definition) is 2. The molecular formula is C31H38F2N2O4S. The van der Waals surface area contributed by atoms with Crippen molar-refractivity contribution < 1.29 is 28.2 Å². The molecule has 7 atom stereocenters. The van der Waals surface area contributed by atoms with Crippen LogP contribution in [0.15, 0.2) is 59.8 Å². The molecule has 4 aliphatic carbocycles. The fraction of sp³-hybridized carbons (Fsp3) is 0.548. The zero-order chi connectivity index (χ0) is 29.0. The molecule has 1 aromatic carbocycles. The predicted molar refractivity (Wildman–Crippen MR) is 152 cm³/mol. The fourth-order valence-electron chi connectivity index (χ4n) is 8.77. The molecule has 0 heterocycles. The van der Waals surface area contributed by atoms with Crippen LogP contribution >= 0.6 is 11.8 Å². The lowest BCUT2D eigenvalue weighted by atomic mass is 9.45. The van der Waals surface area contributed by atoms with E-state index in [0.717, 1.165) is 24.1 Å². The molecule has 1 aromatic rings. The van der Waals surface area contributed by atoms with Crippen LogP contribution in [0.1, 0.15) is 59.3 Å². The number of halogens is 2. The molecule has 4 aliphatic rings. The van der Waals surface area contributed by atoms with Gasteiger partial charge >= 0.3 is 5.97 Å². The standard InChI is InChI=1S/C31H38F2N2O4S/c1-5-19-15-29(3)20(14-25(19)35(34)22-9-7-21(33)8-10-22)6-11-23-24-12-13-31(39-18(2)36,28(38)40-17-32)30(24,4)16-26(37)27(23)29/h5,7-10,14,23-24,26-27,37H,1,6,11-13,15-17,34H2,2-4H3/t23?,24-,26?,27+,29?,30?,31?/m0/s1. The minimum atomic E-state index is -1.45. The summed E-state index contributed by atoms with van der Waals surface area (Å²) >= 11 is 0.549. The number of alkyl halides is 1. The number of hydrazine groups is 1. The molecule has 40 heavy (non-hydrogen) atoms. The third-order valence-electron chi connectivity index (χ3n) is 10.4. The predicted octanol–water partition coefficient (Wildman–Crippen LogP) is 5.98. The van der Waals surface area contributed by atoms with Gasteiger partial charge in [0.25, 0.3) is 0 Å². The van der Waals surface area contributed by atoms with Crippen molar-refractivity contribution in [2.45, 2.75) is 71.0 Å². The highest BCUT2D eigenvalue weighted by Crippen LogP contribution is 2.69. The lowest BCUT2D eigenvalue weighted by Crippen LogP contribution is -2.62. The van der Waals surface area contributed by atoms with E-state index in [4.69, 9.17) is 10.6 Å². The van der Waals surface area contributed by atoms with E-state index in [2.05, 4.69) is 19.6 Å². The Morgan fingerprint density at radius 3 is 2.60 bits per heavy atom. The van der Waals surface area contributed by atoms with Crippen LogP contribution in [0.4, 0.5) is 14.5 Å². The van der Waals surface area contributed by atoms with Crippen LogP contribution in [0, 0.1) is 34.4 Å². The number of carbonyl (C=O) groups excluding carboxylic acids is 2. The number of carbonyl (C=O) groups is 2. The molecule has 216 valence electrons. The number of nitrogens with zero attached hydrogens (tertiary/aromatic N) is 1. The average molecular weight is 573 g/mol. The van der Waals surface area contributed by atoms with E-state index in [1.54, 1.807) is 23.2 Å². The van der Waals surface area contributed by atoms with Gasteiger partial charge in [0, 0.05) is 12.3 Å². The third-order valence-corrected chi connectivity index (χ3v) is 11.1. The second kappa shape index (κ2) is 10.4. The van der Waals surface area contributed by atoms with Crippen LogP contribution in [0.3, 0.4) is 0 Å². The first-order valence-corrected chi connectivity index (χ1v) is 14.9. The Balaban J connectivity index is 1.50. The molecule has 0 saturated heterocycles. The van der Waals surface area contributed by atoms with Gasteiger partial charge in [0.05, 0.1) is 17.5 Å². The number of allylic oxidation sites excluding steroid dienone is 4. The molecule has 0 radical (unpaired) electrons. The molecule has 0 amide bonds. The second-order valence-electron chi connectivity index (χ2n) is 12.2. The van der Waals surface area contributed by atoms with Gasteiger partial charge in [-0.05, 0) is 109 Å². The molecule has 0 spiro atoms. The summed E-state index contributed by atoms with van der Waals surface area (Å²) < 4.78 is 32.7. The van der Waals surface area contributed by atoms with Crippen LogP contribution in [0.25, 0.3) is 0 Å². The Hall–Kier alpha value is -2.49. The smallest absolute Gasteiger partial charge is 0.303 e. The van der Waals surface area contributed by atoms with Gasteiger partial charge in [-0.15, -0.1) is 0 Å². The van der Waals surface area contributed by atoms with Crippen LogP contribution in [-0.2, 0) is 14.3 Å². The molecule has 3 fully saturated rings. The van der Waals surface area contributed by atoms with Crippen LogP contribution < -0.4 is 10.9 Å². The van der Waals surface area contributed by atoms with E-state index in [1.165, 1.54) is 24.6 Å². The van der Waals surface area contributed by atoms with Crippen molar-refractivity contribution in [3.8, 4) is 0 Å². The van der Waals surface area contributed by atoms with E-state index >= 15 is 0 Å². The summed E-state index contributed by atoms with van der Waals surface area (Å²) in [6.07, 6.45) is 6.64. The van der Waals surface area contributed by atoms with Crippen molar-refractivity contribution in [3.05, 3.63) is 65.7 Å². The quantitative estimate of drug-likeness (QED) is 0.246. The summed E-state index contributed by atoms with van der Waals surface area (Å²) in [4.78, 5) is 25.6. The van der Waals surface area contributed by atoms with E-state index in [0.29, 0.717) is 36.7 Å². The second-order valence-corrected chi connectivity index (χ2v) is 13.1. The largest absolute Gasteiger partial charge is 0.450 e. The maximum Gasteiger partial charge on any atom is 0.303 e. The Kier molecular flexibility index (Phi) is 7.55. The Morgan fingerprint density at radius 2 is 1.98 bits per heavy atom. The number of rotatable bonds is 6. The minimum Gasteiger partial charge on any atom is -0.450 e. The first-order valence-electron chi connectivity index (χ1n) is 13.9. The maximum absolute atomic E-state index is 13.5. The summed E-state index contributed by atoms with van der Waals surface area (Å²) in [5, 5.41) is 13.0. The summed E-state index contributed by atoms with van der Waals surface area (Å²) in [5.74, 6) is 5.66. The third kappa shape index (κ3) is 4.27. The van der Waals surface area contributed by atoms with E-state index in [-0.39, 0.29) is 35.4 Å². The van der Waals surface area contributed by atoms with Crippen molar-refractivity contribution in [3.63, 3.8) is 0 Å². The molecule has 3 N–H and O–H groups in total. The Bertz CT molecular complexity index is 1280. The van der Waals surface area contributed by atoms with Gasteiger partial charge < -0.3 is 9.84 Å². The van der Waals surface area contributed by atoms with Crippen molar-refractivity contribution in [1.82, 2.24) is 0 Å². The highest BCUT2D eigenvalue weighted by atomic mass is 32.2. The van der Waals surface area contributed by atoms with E-state index < -0.39 is 34.2 Å². The Labute approximate surface area is 238 Å². The minimum absolute atomic E-state index is 0.0329. The highest BCUT2D eigenvalue weighted by molar-refractivity contribution is 8.13. The van der Waals surface area contributed by atoms with E-state index in [1.807, 2.05) is 6.92 Å². The molecule has 9 heteroatoms. The fourth-order valence-corrected chi connectivity index (χ4v) is 9.48. The zero-order valence-corrected chi connectivity index (χ0v) is 24.1. The maximum atomic E-state index is 13.5. The van der Waals surface area contributed by atoms with Gasteiger partial charge in [0.1, 0.15) is 11.8 Å². The lowest BCUT2D eigenvalue weighted by molar-refractivity contribution is -0.195. The summed E-state index contributed by atoms with van der Waals surface area (Å²) in [7, 11) is 0. The normalized spacial score (nSPS) is 36.6. The van der Waals surface area contributed by atoms with Crippen molar-refractivity contribution >= 4 is 28.5 Å². The van der Waals surface area contributed by atoms with E-state index in [9.17, 15) is 23.5 Å². The number of aliphatic hydroxyl groups excluding tert-OH is 1. The number of fused-ring (bicyclic) bond motifs is 5. The summed E-state index contributed by atoms with van der Waals surface area (Å²) in [5.41, 5.74) is 0.962. The SMILES string of the molecule is C=CC1=C(N(N)c2ccc(F)cc2)C=C2CCC3[C@H](C(O)CC4(C)[C@H]3CCC4(OC(C)=O)C(=O)SCF)C2(C)C1. The molecule has 5 unspecified atom stereocenters. The van der Waals surface area contributed by atoms with Gasteiger partial charge in [-0.1, -0.05) is 32.1 Å². The van der Waals surface area contributed by atoms with Crippen LogP contribution in [0.5, 0.6) is 0 Å². The monoisotopic (exact) mass is 572 g/mol. The van der Waals surface area contributed by atoms with Crippen LogP contribution in [-0.4, -0.2) is 33.9 Å². The van der Waals surface area contributed by atoms with Gasteiger partial charge in [0.2, 0.25) is 5.12 Å². The van der Waals surface area contributed by atoms with Crippen molar-refractivity contribution in [2.24, 2.45) is 34.4 Å². The van der Waals surface area contributed by atoms with Gasteiger partial charge in [-0.3, -0.25) is 14.6 Å². The summed E-state index contributed by atoms with van der Waals surface area (Å²) in [6, 6.07) is 5.13. The number of thioether (sulfide) groups is 1. The van der Waals surface area contributed by atoms with Gasteiger partial charge in [-0.2, -0.15) is 0 Å². The van der Waals surface area contributed by atoms with Crippen molar-refractivity contribution in [2.75, 3.05) is 11.0 Å². The molecule has 6 nitrogen and oxygen atoms in total. The van der Waals surface area contributed by atoms with Gasteiger partial charge in [-0.25, -0.2) is 14.6 Å². The average Bonchev–Trinajstić information content (AvgIpc) is 3.19. The Morgan fingerprint density at radius 1 is 1.27 bits per heavy atom. The molecule has 0 aliphatic heterocycles. The number of aliphatic hydroxyl groups is 1. The number of hydrogen-bond acceptors (Lipinski definition) is 7. The van der Waals surface area contributed by atoms with Crippen LogP contribution in [0.2, 0.25) is 0 Å². The molecular weight excluding hydrogens is 534 g/mol. The number of ether oxygens (including phenoxy) is 1. The number of esters is 1. The number of anilines is 1. The van der Waals surface area contributed by atoms with Gasteiger partial charge in [0.15, 0.2) is 5.60 Å². The van der Waals surface area contributed by atoms with Crippen molar-refractivity contribution in [1.29, 1.82) is 0 Å². The molecule has 3 saturated carbocycles. The first-order chi connectivity index (χ1) is 18.9. The highest BCUT2D eigenvalue weighted by Gasteiger charge is 2.70. The summed E-state index contributed by atoms with van der Waals surface area (Å²) in [6.45, 7) is 9.47. The zero-order valence-electron chi connectivity index (χ0n) is 23.3. The number of benzene rings is 1. The molecule has 5 rings (SSSR count). The molecule has 0 bridgehead atoms.